The average molecular weight is 497 g/mol. The van der Waals surface area contributed by atoms with Crippen LogP contribution in [0.3, 0.4) is 0 Å². The van der Waals surface area contributed by atoms with Gasteiger partial charge in [0.25, 0.3) is 5.91 Å². The van der Waals surface area contributed by atoms with E-state index in [1.165, 1.54) is 17.2 Å². The van der Waals surface area contributed by atoms with Crippen molar-refractivity contribution >= 4 is 22.5 Å². The maximum atomic E-state index is 14.1. The van der Waals surface area contributed by atoms with Gasteiger partial charge in [0.05, 0.1) is 5.52 Å². The fourth-order valence-corrected chi connectivity index (χ4v) is 4.65. The van der Waals surface area contributed by atoms with E-state index in [9.17, 15) is 18.0 Å². The molecule has 0 saturated carbocycles. The number of carbonyl (C=O) groups is 1. The molecule has 7 nitrogen and oxygen atoms in total. The average Bonchev–Trinajstić information content (AvgIpc) is 3.46. The molecule has 4 heterocycles. The number of alkyl halides is 3. The first-order valence-corrected chi connectivity index (χ1v) is 11.9. The molecule has 4 aromatic rings. The molecule has 1 aromatic carbocycles. The molecule has 10 heteroatoms. The number of aromatic nitrogens is 4. The number of likely N-dealkylation sites (tertiary alicyclic amines) is 1. The van der Waals surface area contributed by atoms with Gasteiger partial charge in [-0.05, 0) is 76.5 Å². The zero-order chi connectivity index (χ0) is 25.7. The van der Waals surface area contributed by atoms with Gasteiger partial charge in [0.2, 0.25) is 0 Å². The molecule has 1 N–H and O–H groups in total. The van der Waals surface area contributed by atoms with Crippen molar-refractivity contribution in [1.29, 1.82) is 0 Å². The minimum atomic E-state index is -4.41. The summed E-state index contributed by atoms with van der Waals surface area (Å²) in [6, 6.07) is 10.2. The summed E-state index contributed by atoms with van der Waals surface area (Å²) in [6.07, 6.45) is -1.44. The first-order chi connectivity index (χ1) is 17.0. The number of hydrogen-bond acceptors (Lipinski definition) is 5. The third-order valence-electron chi connectivity index (χ3n) is 6.23. The molecule has 1 aliphatic rings. The number of benzene rings is 1. The number of halogens is 3. The van der Waals surface area contributed by atoms with E-state index in [0.717, 1.165) is 18.2 Å². The third-order valence-corrected chi connectivity index (χ3v) is 6.23. The predicted molar refractivity (Wildman–Crippen MR) is 131 cm³/mol. The summed E-state index contributed by atoms with van der Waals surface area (Å²) in [6.45, 7) is 6.53. The lowest BCUT2D eigenvalue weighted by molar-refractivity contribution is -0.183. The molecule has 1 aliphatic heterocycles. The van der Waals surface area contributed by atoms with Gasteiger partial charge in [-0.1, -0.05) is 18.2 Å². The molecule has 36 heavy (non-hydrogen) atoms. The number of rotatable bonds is 4. The highest BCUT2D eigenvalue weighted by Gasteiger charge is 2.45. The van der Waals surface area contributed by atoms with Crippen molar-refractivity contribution < 1.29 is 18.0 Å². The molecule has 0 unspecified atom stereocenters. The maximum absolute atomic E-state index is 14.1. The van der Waals surface area contributed by atoms with Crippen LogP contribution in [0.4, 0.5) is 13.2 Å². The van der Waals surface area contributed by atoms with Crippen LogP contribution in [-0.2, 0) is 0 Å². The normalized spacial score (nSPS) is 16.1. The van der Waals surface area contributed by atoms with Crippen LogP contribution in [0.1, 0.15) is 55.6 Å². The minimum absolute atomic E-state index is 0.139. The van der Waals surface area contributed by atoms with Crippen LogP contribution < -0.4 is 5.32 Å². The van der Waals surface area contributed by atoms with Gasteiger partial charge in [0, 0.05) is 22.7 Å². The lowest BCUT2D eigenvalue weighted by atomic mass is 10.1. The second-order valence-corrected chi connectivity index (χ2v) is 10.2. The van der Waals surface area contributed by atoms with Gasteiger partial charge in [-0.15, -0.1) is 10.2 Å². The highest BCUT2D eigenvalue weighted by atomic mass is 19.4. The van der Waals surface area contributed by atoms with E-state index in [1.807, 2.05) is 32.9 Å². The van der Waals surface area contributed by atoms with Crippen LogP contribution in [0.5, 0.6) is 0 Å². The quantitative estimate of drug-likeness (QED) is 0.422. The summed E-state index contributed by atoms with van der Waals surface area (Å²) in [5, 5.41) is 12.1. The highest BCUT2D eigenvalue weighted by molar-refractivity contribution is 5.98. The number of amides is 1. The lowest BCUT2D eigenvalue weighted by Gasteiger charge is -2.29. The first kappa shape index (κ1) is 24.2. The molecular weight excluding hydrogens is 469 g/mol. The molecule has 1 atom stereocenters. The fourth-order valence-electron chi connectivity index (χ4n) is 4.65. The Kier molecular flexibility index (Phi) is 5.94. The van der Waals surface area contributed by atoms with E-state index in [-0.39, 0.29) is 17.0 Å². The molecule has 5 rings (SSSR count). The SMILES string of the molecule is CC(C)(C)NC(=O)c1ccc2ccc(-c3nnc4ccc([C@@H](N5CCCC5)C(F)(F)F)cn34)nc2c1. The Labute approximate surface area is 206 Å². The topological polar surface area (TPSA) is 75.4 Å². The summed E-state index contributed by atoms with van der Waals surface area (Å²) in [5.41, 5.74) is 1.67. The van der Waals surface area contributed by atoms with Crippen LogP contribution >= 0.6 is 0 Å². The van der Waals surface area contributed by atoms with Crippen molar-refractivity contribution in [3.63, 3.8) is 0 Å². The Morgan fingerprint density at radius 3 is 2.42 bits per heavy atom. The number of pyridine rings is 2. The van der Waals surface area contributed by atoms with E-state index < -0.39 is 12.2 Å². The summed E-state index contributed by atoms with van der Waals surface area (Å²) >= 11 is 0. The molecule has 0 radical (unpaired) electrons. The van der Waals surface area contributed by atoms with Gasteiger partial charge in [0.15, 0.2) is 11.5 Å². The summed E-state index contributed by atoms with van der Waals surface area (Å²) in [4.78, 5) is 18.8. The van der Waals surface area contributed by atoms with Crippen molar-refractivity contribution in [2.45, 2.75) is 51.4 Å². The highest BCUT2D eigenvalue weighted by Crippen LogP contribution is 2.39. The van der Waals surface area contributed by atoms with E-state index in [2.05, 4.69) is 20.5 Å². The smallest absolute Gasteiger partial charge is 0.347 e. The molecule has 0 bridgehead atoms. The van der Waals surface area contributed by atoms with Crippen molar-refractivity contribution in [3.8, 4) is 11.5 Å². The fraction of sp³-hybridized carbons (Fsp3) is 0.385. The van der Waals surface area contributed by atoms with Gasteiger partial charge in [-0.25, -0.2) is 4.98 Å². The molecule has 1 fully saturated rings. The van der Waals surface area contributed by atoms with Crippen molar-refractivity contribution in [1.82, 2.24) is 29.8 Å². The minimum Gasteiger partial charge on any atom is -0.347 e. The monoisotopic (exact) mass is 496 g/mol. The van der Waals surface area contributed by atoms with Crippen LogP contribution in [0.25, 0.3) is 28.1 Å². The zero-order valence-electron chi connectivity index (χ0n) is 20.3. The van der Waals surface area contributed by atoms with E-state index in [4.69, 9.17) is 0 Å². The Hall–Kier alpha value is -3.53. The predicted octanol–water partition coefficient (Wildman–Crippen LogP) is 5.17. The number of nitrogens with zero attached hydrogens (tertiary/aromatic N) is 5. The van der Waals surface area contributed by atoms with Gasteiger partial charge in [-0.2, -0.15) is 13.2 Å². The van der Waals surface area contributed by atoms with E-state index >= 15 is 0 Å². The van der Waals surface area contributed by atoms with Gasteiger partial charge < -0.3 is 5.32 Å². The first-order valence-electron chi connectivity index (χ1n) is 11.9. The molecule has 0 spiro atoms. The largest absolute Gasteiger partial charge is 0.408 e. The summed E-state index contributed by atoms with van der Waals surface area (Å²) in [7, 11) is 0. The number of carbonyl (C=O) groups excluding carboxylic acids is 1. The Morgan fingerprint density at radius 1 is 1.00 bits per heavy atom. The van der Waals surface area contributed by atoms with Crippen molar-refractivity contribution in [2.75, 3.05) is 13.1 Å². The maximum Gasteiger partial charge on any atom is 0.408 e. The van der Waals surface area contributed by atoms with E-state index in [0.29, 0.717) is 41.3 Å². The molecular formula is C26H27F3N6O. The summed E-state index contributed by atoms with van der Waals surface area (Å²) in [5.74, 6) is 0.120. The lowest BCUT2D eigenvalue weighted by Crippen LogP contribution is -2.40. The van der Waals surface area contributed by atoms with Crippen LogP contribution in [0.15, 0.2) is 48.7 Å². The molecule has 1 saturated heterocycles. The Balaban J connectivity index is 1.55. The number of fused-ring (bicyclic) bond motifs is 2. The van der Waals surface area contributed by atoms with Crippen molar-refractivity contribution in [3.05, 3.63) is 59.8 Å². The Morgan fingerprint density at radius 2 is 1.72 bits per heavy atom. The zero-order valence-corrected chi connectivity index (χ0v) is 20.3. The second kappa shape index (κ2) is 8.85. The molecule has 0 aliphatic carbocycles. The molecule has 3 aromatic heterocycles. The standard InChI is InChI=1S/C26H27F3N6O/c1-25(2,3)31-24(36)17-7-6-16-8-10-19(30-20(16)14-17)23-33-32-21-11-9-18(15-35(21)23)22(26(27,28)29)34-12-4-5-13-34/h6-11,14-15,22H,4-5,12-13H2,1-3H3,(H,31,36)/t22-/m1/s1. The summed E-state index contributed by atoms with van der Waals surface area (Å²) < 4.78 is 43.7. The van der Waals surface area contributed by atoms with E-state index in [1.54, 1.807) is 28.7 Å². The third kappa shape index (κ3) is 4.77. The Bertz CT molecular complexity index is 1430. The number of nitrogens with one attached hydrogen (secondary N) is 1. The van der Waals surface area contributed by atoms with Crippen LogP contribution in [0.2, 0.25) is 0 Å². The van der Waals surface area contributed by atoms with Crippen molar-refractivity contribution in [2.24, 2.45) is 0 Å². The van der Waals surface area contributed by atoms with Gasteiger partial charge in [-0.3, -0.25) is 14.1 Å². The van der Waals surface area contributed by atoms with Crippen LogP contribution in [0, 0.1) is 0 Å². The van der Waals surface area contributed by atoms with Crippen LogP contribution in [-0.4, -0.2) is 55.2 Å². The molecule has 188 valence electrons. The van der Waals surface area contributed by atoms with Gasteiger partial charge >= 0.3 is 6.18 Å². The number of hydrogen-bond donors (Lipinski definition) is 1. The molecule has 1 amide bonds. The second-order valence-electron chi connectivity index (χ2n) is 10.2. The van der Waals surface area contributed by atoms with Gasteiger partial charge in [0.1, 0.15) is 11.7 Å².